The maximum atomic E-state index is 11.8. The second-order valence-electron chi connectivity index (χ2n) is 3.14. The highest BCUT2D eigenvalue weighted by molar-refractivity contribution is 5.81. The number of carbonyl (C=O) groups excluding carboxylic acids is 1. The van der Waals surface area contributed by atoms with Crippen molar-refractivity contribution in [3.05, 3.63) is 0 Å². The summed E-state index contributed by atoms with van der Waals surface area (Å²) in [7, 11) is 0. The van der Waals surface area contributed by atoms with E-state index in [1.807, 2.05) is 0 Å². The van der Waals surface area contributed by atoms with Crippen molar-refractivity contribution in [2.24, 2.45) is 5.92 Å². The Kier molecular flexibility index (Phi) is 3.30. The normalized spacial score (nSPS) is 20.2. The Morgan fingerprint density at radius 3 is 2.31 bits per heavy atom. The Bertz CT molecular complexity index is 182. The molecule has 0 aliphatic carbocycles. The van der Waals surface area contributed by atoms with Gasteiger partial charge in [0.05, 0.1) is 0 Å². The van der Waals surface area contributed by atoms with Crippen LogP contribution in [-0.4, -0.2) is 25.2 Å². The minimum Gasteiger partial charge on any atom is -0.381 e. The molecule has 1 rings (SSSR count). The molecule has 1 fully saturated rings. The van der Waals surface area contributed by atoms with Crippen LogP contribution in [0.5, 0.6) is 0 Å². The van der Waals surface area contributed by atoms with Gasteiger partial charge >= 0.3 is 6.18 Å². The Balaban J connectivity index is 2.38. The third-order valence-electron chi connectivity index (χ3n) is 2.05. The van der Waals surface area contributed by atoms with Gasteiger partial charge in [-0.3, -0.25) is 4.79 Å². The van der Waals surface area contributed by atoms with Gasteiger partial charge in [0.15, 0.2) is 0 Å². The standard InChI is InChI=1S/C8H11F3O2/c9-8(10,11)5-7(12)6-1-3-13-4-2-6/h6H,1-5H2. The average Bonchev–Trinajstić information content (AvgIpc) is 2.03. The van der Waals surface area contributed by atoms with Gasteiger partial charge in [-0.15, -0.1) is 0 Å². The van der Waals surface area contributed by atoms with E-state index >= 15 is 0 Å². The van der Waals surface area contributed by atoms with Gasteiger partial charge in [0, 0.05) is 19.1 Å². The number of alkyl halides is 3. The summed E-state index contributed by atoms with van der Waals surface area (Å²) in [5, 5.41) is 0. The first kappa shape index (κ1) is 10.5. The van der Waals surface area contributed by atoms with Gasteiger partial charge < -0.3 is 4.74 Å². The van der Waals surface area contributed by atoms with Crippen LogP contribution in [0.4, 0.5) is 13.2 Å². The number of ether oxygens (including phenoxy) is 1. The molecular weight excluding hydrogens is 185 g/mol. The van der Waals surface area contributed by atoms with Crippen molar-refractivity contribution in [2.75, 3.05) is 13.2 Å². The Hall–Kier alpha value is -0.580. The first-order valence-corrected chi connectivity index (χ1v) is 4.16. The summed E-state index contributed by atoms with van der Waals surface area (Å²) < 4.78 is 40.4. The zero-order valence-corrected chi connectivity index (χ0v) is 7.06. The molecule has 0 bridgehead atoms. The van der Waals surface area contributed by atoms with Crippen molar-refractivity contribution in [3.63, 3.8) is 0 Å². The maximum Gasteiger partial charge on any atom is 0.395 e. The summed E-state index contributed by atoms with van der Waals surface area (Å²) in [5.74, 6) is -1.15. The molecule has 0 atom stereocenters. The molecule has 0 aromatic rings. The van der Waals surface area contributed by atoms with Crippen LogP contribution in [0.3, 0.4) is 0 Å². The first-order chi connectivity index (χ1) is 5.99. The minimum absolute atomic E-state index is 0.397. The topological polar surface area (TPSA) is 26.3 Å². The van der Waals surface area contributed by atoms with Gasteiger partial charge in [-0.05, 0) is 12.8 Å². The lowest BCUT2D eigenvalue weighted by Gasteiger charge is -2.21. The number of Topliss-reactive ketones (excluding diaryl/α,β-unsaturated/α-hetero) is 1. The van der Waals surface area contributed by atoms with Crippen molar-refractivity contribution in [1.29, 1.82) is 0 Å². The molecule has 1 saturated heterocycles. The number of halogens is 3. The second kappa shape index (κ2) is 4.09. The van der Waals surface area contributed by atoms with Crippen molar-refractivity contribution in [1.82, 2.24) is 0 Å². The van der Waals surface area contributed by atoms with Crippen LogP contribution in [0.15, 0.2) is 0 Å². The highest BCUT2D eigenvalue weighted by atomic mass is 19.4. The molecule has 0 aromatic heterocycles. The van der Waals surface area contributed by atoms with E-state index < -0.39 is 24.3 Å². The van der Waals surface area contributed by atoms with Crippen molar-refractivity contribution >= 4 is 5.78 Å². The lowest BCUT2D eigenvalue weighted by atomic mass is 9.93. The fourth-order valence-electron chi connectivity index (χ4n) is 1.36. The SMILES string of the molecule is O=C(CC(F)(F)F)C1CCOCC1. The molecule has 0 unspecified atom stereocenters. The van der Waals surface area contributed by atoms with Crippen molar-refractivity contribution in [2.45, 2.75) is 25.4 Å². The van der Waals surface area contributed by atoms with Gasteiger partial charge in [-0.1, -0.05) is 0 Å². The molecule has 2 nitrogen and oxygen atoms in total. The molecule has 0 aromatic carbocycles. The molecule has 5 heteroatoms. The van der Waals surface area contributed by atoms with E-state index in [1.165, 1.54) is 0 Å². The molecule has 1 aliphatic rings. The minimum atomic E-state index is -4.37. The molecule has 0 radical (unpaired) electrons. The zero-order chi connectivity index (χ0) is 9.90. The number of ketones is 1. The Labute approximate surface area is 74.1 Å². The highest BCUT2D eigenvalue weighted by Gasteiger charge is 2.34. The van der Waals surface area contributed by atoms with Crippen LogP contribution in [0.2, 0.25) is 0 Å². The van der Waals surface area contributed by atoms with Gasteiger partial charge in [0.2, 0.25) is 0 Å². The number of hydrogen-bond donors (Lipinski definition) is 0. The summed E-state index contributed by atoms with van der Waals surface area (Å²) in [4.78, 5) is 11.0. The molecular formula is C8H11F3O2. The molecule has 1 heterocycles. The quantitative estimate of drug-likeness (QED) is 0.674. The summed E-state index contributed by atoms with van der Waals surface area (Å²) >= 11 is 0. The van der Waals surface area contributed by atoms with Crippen molar-refractivity contribution in [3.8, 4) is 0 Å². The third-order valence-corrected chi connectivity index (χ3v) is 2.05. The van der Waals surface area contributed by atoms with Gasteiger partial charge in [0.1, 0.15) is 12.2 Å². The highest BCUT2D eigenvalue weighted by Crippen LogP contribution is 2.25. The second-order valence-corrected chi connectivity index (χ2v) is 3.14. The number of hydrogen-bond acceptors (Lipinski definition) is 2. The number of rotatable bonds is 2. The van der Waals surface area contributed by atoms with Crippen LogP contribution < -0.4 is 0 Å². The van der Waals surface area contributed by atoms with E-state index in [0.29, 0.717) is 26.1 Å². The van der Waals surface area contributed by atoms with E-state index in [-0.39, 0.29) is 0 Å². The van der Waals surface area contributed by atoms with E-state index in [4.69, 9.17) is 4.74 Å². The zero-order valence-electron chi connectivity index (χ0n) is 7.06. The fourth-order valence-corrected chi connectivity index (χ4v) is 1.36. The molecule has 1 aliphatic heterocycles. The number of carbonyl (C=O) groups is 1. The molecule has 0 saturated carbocycles. The molecule has 0 amide bonds. The predicted molar refractivity (Wildman–Crippen MR) is 39.2 cm³/mol. The summed E-state index contributed by atoms with van der Waals surface area (Å²) in [6, 6.07) is 0. The molecule has 76 valence electrons. The molecule has 13 heavy (non-hydrogen) atoms. The maximum absolute atomic E-state index is 11.8. The van der Waals surface area contributed by atoms with Crippen LogP contribution in [0, 0.1) is 5.92 Å². The van der Waals surface area contributed by atoms with Gasteiger partial charge in [-0.2, -0.15) is 13.2 Å². The van der Waals surface area contributed by atoms with E-state index in [0.717, 1.165) is 0 Å². The van der Waals surface area contributed by atoms with Gasteiger partial charge in [0.25, 0.3) is 0 Å². The first-order valence-electron chi connectivity index (χ1n) is 4.16. The smallest absolute Gasteiger partial charge is 0.381 e. The Morgan fingerprint density at radius 1 is 1.31 bits per heavy atom. The monoisotopic (exact) mass is 196 g/mol. The molecule has 0 spiro atoms. The largest absolute Gasteiger partial charge is 0.395 e. The van der Waals surface area contributed by atoms with Crippen LogP contribution in [-0.2, 0) is 9.53 Å². The van der Waals surface area contributed by atoms with Crippen molar-refractivity contribution < 1.29 is 22.7 Å². The lowest BCUT2D eigenvalue weighted by molar-refractivity contribution is -0.156. The Morgan fingerprint density at radius 2 is 1.85 bits per heavy atom. The predicted octanol–water partition coefficient (Wildman–Crippen LogP) is 1.93. The summed E-state index contributed by atoms with van der Waals surface area (Å²) in [6.45, 7) is 0.794. The lowest BCUT2D eigenvalue weighted by Crippen LogP contribution is -2.27. The van der Waals surface area contributed by atoms with Gasteiger partial charge in [-0.25, -0.2) is 0 Å². The van der Waals surface area contributed by atoms with E-state index in [9.17, 15) is 18.0 Å². The third kappa shape index (κ3) is 3.76. The van der Waals surface area contributed by atoms with Crippen LogP contribution in [0.1, 0.15) is 19.3 Å². The molecule has 0 N–H and O–H groups in total. The van der Waals surface area contributed by atoms with E-state index in [2.05, 4.69) is 0 Å². The summed E-state index contributed by atoms with van der Waals surface area (Å²) in [5.41, 5.74) is 0. The fraction of sp³-hybridized carbons (Fsp3) is 0.875. The van der Waals surface area contributed by atoms with Crippen LogP contribution in [0.25, 0.3) is 0 Å². The van der Waals surface area contributed by atoms with Crippen LogP contribution >= 0.6 is 0 Å². The summed E-state index contributed by atoms with van der Waals surface area (Å²) in [6.07, 6.45) is -4.81. The average molecular weight is 196 g/mol. The van der Waals surface area contributed by atoms with E-state index in [1.54, 1.807) is 0 Å².